The fraction of sp³-hybridized carbons (Fsp3) is 0.0833. The maximum Gasteiger partial charge on any atom is 0.254 e. The first-order valence-electron chi connectivity index (χ1n) is 5.47. The molecule has 0 saturated carbocycles. The van der Waals surface area contributed by atoms with E-state index in [1.54, 1.807) is 6.20 Å². The highest BCUT2D eigenvalue weighted by Crippen LogP contribution is 2.14. The highest BCUT2D eigenvalue weighted by atomic mass is 35.5. The second-order valence-corrected chi connectivity index (χ2v) is 4.20. The van der Waals surface area contributed by atoms with Crippen molar-refractivity contribution in [2.75, 3.05) is 5.32 Å². The van der Waals surface area contributed by atoms with Gasteiger partial charge in [0.05, 0.1) is 6.54 Å². The van der Waals surface area contributed by atoms with Crippen molar-refractivity contribution in [1.82, 2.24) is 19.6 Å². The molecule has 0 atom stereocenters. The molecule has 18 heavy (non-hydrogen) atoms. The van der Waals surface area contributed by atoms with Crippen molar-refractivity contribution in [2.24, 2.45) is 0 Å². The molecule has 0 spiro atoms. The Balaban J connectivity index is 1.79. The molecule has 0 aliphatic rings. The third-order valence-electron chi connectivity index (χ3n) is 2.55. The van der Waals surface area contributed by atoms with Gasteiger partial charge in [0.1, 0.15) is 0 Å². The van der Waals surface area contributed by atoms with Crippen LogP contribution in [0.3, 0.4) is 0 Å². The first-order chi connectivity index (χ1) is 8.83. The average molecular weight is 260 g/mol. The molecule has 0 amide bonds. The molecular formula is C12H10ClN5. The SMILES string of the molecule is Clc1ccc(NCc2nnc3ncccn23)cc1. The lowest BCUT2D eigenvalue weighted by Gasteiger charge is -2.04. The molecule has 90 valence electrons. The van der Waals surface area contributed by atoms with Crippen LogP contribution in [0.15, 0.2) is 42.7 Å². The summed E-state index contributed by atoms with van der Waals surface area (Å²) in [7, 11) is 0. The molecule has 0 saturated heterocycles. The number of halogens is 1. The van der Waals surface area contributed by atoms with Crippen LogP contribution in [0.2, 0.25) is 5.02 Å². The molecule has 0 aliphatic carbocycles. The summed E-state index contributed by atoms with van der Waals surface area (Å²) in [6, 6.07) is 9.37. The van der Waals surface area contributed by atoms with E-state index in [9.17, 15) is 0 Å². The zero-order chi connectivity index (χ0) is 12.4. The van der Waals surface area contributed by atoms with Gasteiger partial charge in [-0.1, -0.05) is 11.6 Å². The predicted octanol–water partition coefficient (Wildman–Crippen LogP) is 2.39. The quantitative estimate of drug-likeness (QED) is 0.785. The van der Waals surface area contributed by atoms with E-state index >= 15 is 0 Å². The lowest BCUT2D eigenvalue weighted by atomic mass is 10.3. The maximum atomic E-state index is 5.83. The summed E-state index contributed by atoms with van der Waals surface area (Å²) in [6.45, 7) is 0.578. The van der Waals surface area contributed by atoms with Gasteiger partial charge in [-0.15, -0.1) is 10.2 Å². The summed E-state index contributed by atoms with van der Waals surface area (Å²) in [5.74, 6) is 1.42. The zero-order valence-electron chi connectivity index (χ0n) is 9.42. The molecule has 1 N–H and O–H groups in total. The number of benzene rings is 1. The van der Waals surface area contributed by atoms with E-state index in [2.05, 4.69) is 20.5 Å². The third kappa shape index (κ3) is 2.12. The van der Waals surface area contributed by atoms with Gasteiger partial charge in [-0.3, -0.25) is 4.40 Å². The van der Waals surface area contributed by atoms with Gasteiger partial charge in [0, 0.05) is 23.1 Å². The average Bonchev–Trinajstić information content (AvgIpc) is 2.82. The van der Waals surface area contributed by atoms with E-state index in [1.807, 2.05) is 40.9 Å². The summed E-state index contributed by atoms with van der Waals surface area (Å²) < 4.78 is 1.85. The molecule has 0 aliphatic heterocycles. The van der Waals surface area contributed by atoms with Crippen molar-refractivity contribution >= 4 is 23.1 Å². The van der Waals surface area contributed by atoms with Crippen molar-refractivity contribution in [2.45, 2.75) is 6.54 Å². The normalized spacial score (nSPS) is 10.7. The molecule has 6 heteroatoms. The van der Waals surface area contributed by atoms with Gasteiger partial charge in [0.2, 0.25) is 0 Å². The van der Waals surface area contributed by atoms with Crippen molar-refractivity contribution in [3.05, 3.63) is 53.6 Å². The van der Waals surface area contributed by atoms with Gasteiger partial charge in [0.25, 0.3) is 5.78 Å². The van der Waals surface area contributed by atoms with Crippen LogP contribution in [-0.2, 0) is 6.54 Å². The zero-order valence-corrected chi connectivity index (χ0v) is 10.2. The number of hydrogen-bond acceptors (Lipinski definition) is 4. The minimum Gasteiger partial charge on any atom is -0.378 e. The third-order valence-corrected chi connectivity index (χ3v) is 2.81. The van der Waals surface area contributed by atoms with E-state index < -0.39 is 0 Å². The lowest BCUT2D eigenvalue weighted by molar-refractivity contribution is 0.916. The monoisotopic (exact) mass is 259 g/mol. The number of fused-ring (bicyclic) bond motifs is 1. The van der Waals surface area contributed by atoms with Crippen LogP contribution in [0.4, 0.5) is 5.69 Å². The fourth-order valence-electron chi connectivity index (χ4n) is 1.66. The molecule has 5 nitrogen and oxygen atoms in total. The second kappa shape index (κ2) is 4.62. The standard InChI is InChI=1S/C12H10ClN5/c13-9-2-4-10(5-3-9)15-8-11-16-17-12-14-6-1-7-18(11)12/h1-7,15H,8H2. The second-order valence-electron chi connectivity index (χ2n) is 3.77. The molecule has 0 bridgehead atoms. The van der Waals surface area contributed by atoms with Gasteiger partial charge >= 0.3 is 0 Å². The number of aromatic nitrogens is 4. The Morgan fingerprint density at radius 1 is 1.17 bits per heavy atom. The van der Waals surface area contributed by atoms with E-state index in [-0.39, 0.29) is 0 Å². The summed E-state index contributed by atoms with van der Waals surface area (Å²) in [6.07, 6.45) is 3.58. The minimum atomic E-state index is 0.578. The molecule has 1 aromatic carbocycles. The Morgan fingerprint density at radius 3 is 2.83 bits per heavy atom. The maximum absolute atomic E-state index is 5.83. The van der Waals surface area contributed by atoms with Crippen LogP contribution in [-0.4, -0.2) is 19.6 Å². The van der Waals surface area contributed by atoms with E-state index in [4.69, 9.17) is 11.6 Å². The highest BCUT2D eigenvalue weighted by Gasteiger charge is 2.04. The van der Waals surface area contributed by atoms with Crippen LogP contribution < -0.4 is 5.32 Å². The van der Waals surface area contributed by atoms with Crippen LogP contribution in [0.5, 0.6) is 0 Å². The lowest BCUT2D eigenvalue weighted by Crippen LogP contribution is -2.04. The summed E-state index contributed by atoms with van der Waals surface area (Å²) in [5.41, 5.74) is 0.986. The fourth-order valence-corrected chi connectivity index (χ4v) is 1.78. The molecular weight excluding hydrogens is 250 g/mol. The van der Waals surface area contributed by atoms with Gasteiger partial charge in [-0.05, 0) is 30.3 Å². The Labute approximate surface area is 108 Å². The number of hydrogen-bond donors (Lipinski definition) is 1. The largest absolute Gasteiger partial charge is 0.378 e. The van der Waals surface area contributed by atoms with Crippen molar-refractivity contribution in [3.63, 3.8) is 0 Å². The van der Waals surface area contributed by atoms with Crippen LogP contribution in [0.25, 0.3) is 5.78 Å². The number of nitrogens with one attached hydrogen (secondary N) is 1. The Kier molecular flexibility index (Phi) is 2.82. The summed E-state index contributed by atoms with van der Waals surface area (Å²) in [5, 5.41) is 12.1. The number of nitrogens with zero attached hydrogens (tertiary/aromatic N) is 4. The molecule has 3 aromatic rings. The number of rotatable bonds is 3. The van der Waals surface area contributed by atoms with E-state index in [0.29, 0.717) is 12.3 Å². The first kappa shape index (κ1) is 11.0. The smallest absolute Gasteiger partial charge is 0.254 e. The van der Waals surface area contributed by atoms with Crippen molar-refractivity contribution in [1.29, 1.82) is 0 Å². The Morgan fingerprint density at radius 2 is 2.00 bits per heavy atom. The molecule has 0 fully saturated rings. The summed E-state index contributed by atoms with van der Waals surface area (Å²) >= 11 is 5.83. The van der Waals surface area contributed by atoms with Gasteiger partial charge in [-0.25, -0.2) is 4.98 Å². The highest BCUT2D eigenvalue weighted by molar-refractivity contribution is 6.30. The Bertz CT molecular complexity index is 662. The van der Waals surface area contributed by atoms with Crippen LogP contribution in [0, 0.1) is 0 Å². The van der Waals surface area contributed by atoms with Gasteiger partial charge in [-0.2, -0.15) is 0 Å². The van der Waals surface area contributed by atoms with Crippen LogP contribution in [0.1, 0.15) is 5.82 Å². The summed E-state index contributed by atoms with van der Waals surface area (Å²) in [4.78, 5) is 4.11. The molecule has 2 heterocycles. The van der Waals surface area contributed by atoms with Crippen LogP contribution >= 0.6 is 11.6 Å². The van der Waals surface area contributed by atoms with Crippen molar-refractivity contribution in [3.8, 4) is 0 Å². The van der Waals surface area contributed by atoms with E-state index in [0.717, 1.165) is 16.5 Å². The Hall–Kier alpha value is -2.14. The molecule has 0 radical (unpaired) electrons. The topological polar surface area (TPSA) is 55.1 Å². The number of anilines is 1. The molecule has 3 rings (SSSR count). The van der Waals surface area contributed by atoms with E-state index in [1.165, 1.54) is 0 Å². The van der Waals surface area contributed by atoms with Gasteiger partial charge in [0.15, 0.2) is 5.82 Å². The molecule has 2 aromatic heterocycles. The van der Waals surface area contributed by atoms with Crippen molar-refractivity contribution < 1.29 is 0 Å². The molecule has 0 unspecified atom stereocenters. The first-order valence-corrected chi connectivity index (χ1v) is 5.85. The predicted molar refractivity (Wildman–Crippen MR) is 69.6 cm³/mol. The van der Waals surface area contributed by atoms with Gasteiger partial charge < -0.3 is 5.32 Å². The minimum absolute atomic E-state index is 0.578.